The molecule has 2 atom stereocenters. The van der Waals surface area contributed by atoms with Crippen LogP contribution in [0.3, 0.4) is 0 Å². The zero-order valence-electron chi connectivity index (χ0n) is 9.89. The first kappa shape index (κ1) is 15.5. The maximum absolute atomic E-state index is 12.4. The summed E-state index contributed by atoms with van der Waals surface area (Å²) in [7, 11) is 0. The van der Waals surface area contributed by atoms with Gasteiger partial charge in [-0.2, -0.15) is 13.2 Å². The number of rotatable bonds is 6. The van der Waals surface area contributed by atoms with Crippen molar-refractivity contribution in [2.45, 2.75) is 12.2 Å². The molecular formula is C12H14F3NO3. The second-order valence-corrected chi connectivity index (χ2v) is 3.99. The van der Waals surface area contributed by atoms with Crippen LogP contribution in [0.1, 0.15) is 11.6 Å². The summed E-state index contributed by atoms with van der Waals surface area (Å²) in [4.78, 5) is 10.6. The standard InChI is InChI=1S/C12H14F3NO3/c13-12(14,15)9(11(18)19)6-16-10(7-17)8-4-2-1-3-5-8/h1-5,9-10,16-17H,6-7H2,(H,18,19). The van der Waals surface area contributed by atoms with Crippen LogP contribution in [0.4, 0.5) is 13.2 Å². The van der Waals surface area contributed by atoms with Crippen LogP contribution in [-0.2, 0) is 4.79 Å². The number of benzene rings is 1. The third-order valence-corrected chi connectivity index (χ3v) is 2.65. The maximum atomic E-state index is 12.4. The van der Waals surface area contributed by atoms with E-state index in [0.29, 0.717) is 5.56 Å². The Morgan fingerprint density at radius 1 is 1.26 bits per heavy atom. The lowest BCUT2D eigenvalue weighted by Gasteiger charge is -2.21. The number of carbonyl (C=O) groups is 1. The van der Waals surface area contributed by atoms with Crippen LogP contribution in [0.15, 0.2) is 30.3 Å². The van der Waals surface area contributed by atoms with Crippen LogP contribution < -0.4 is 5.32 Å². The molecule has 0 spiro atoms. The summed E-state index contributed by atoms with van der Waals surface area (Å²) in [6.07, 6.45) is -4.82. The van der Waals surface area contributed by atoms with E-state index in [2.05, 4.69) is 5.32 Å². The van der Waals surface area contributed by atoms with E-state index in [1.807, 2.05) is 0 Å². The van der Waals surface area contributed by atoms with Crippen LogP contribution >= 0.6 is 0 Å². The first-order valence-electron chi connectivity index (χ1n) is 5.55. The molecule has 4 nitrogen and oxygen atoms in total. The van der Waals surface area contributed by atoms with E-state index in [4.69, 9.17) is 10.2 Å². The molecule has 0 amide bonds. The zero-order valence-corrected chi connectivity index (χ0v) is 9.89. The Morgan fingerprint density at radius 3 is 2.26 bits per heavy atom. The van der Waals surface area contributed by atoms with Gasteiger partial charge in [0.05, 0.1) is 12.6 Å². The van der Waals surface area contributed by atoms with Gasteiger partial charge in [0.1, 0.15) is 0 Å². The SMILES string of the molecule is O=C(O)C(CNC(CO)c1ccccc1)C(F)(F)F. The minimum atomic E-state index is -4.82. The van der Waals surface area contributed by atoms with Gasteiger partial charge in [0, 0.05) is 6.54 Å². The number of carboxylic acid groups (broad SMARTS) is 1. The fourth-order valence-corrected chi connectivity index (χ4v) is 1.58. The van der Waals surface area contributed by atoms with Gasteiger partial charge in [0.15, 0.2) is 5.92 Å². The van der Waals surface area contributed by atoms with Gasteiger partial charge in [-0.05, 0) is 5.56 Å². The normalized spacial score (nSPS) is 14.9. The Labute approximate surface area is 107 Å². The first-order chi connectivity index (χ1) is 8.86. The third kappa shape index (κ3) is 4.53. The van der Waals surface area contributed by atoms with Crippen LogP contribution in [0.2, 0.25) is 0 Å². The molecule has 0 aromatic heterocycles. The van der Waals surface area contributed by atoms with E-state index in [-0.39, 0.29) is 0 Å². The summed E-state index contributed by atoms with van der Waals surface area (Å²) in [6.45, 7) is -1.22. The number of aliphatic hydroxyl groups is 1. The minimum absolute atomic E-state index is 0.422. The summed E-state index contributed by atoms with van der Waals surface area (Å²) < 4.78 is 37.3. The zero-order chi connectivity index (χ0) is 14.5. The van der Waals surface area contributed by atoms with Crippen molar-refractivity contribution in [3.8, 4) is 0 Å². The van der Waals surface area contributed by atoms with Crippen molar-refractivity contribution in [2.75, 3.05) is 13.2 Å². The smallest absolute Gasteiger partial charge is 0.403 e. The highest BCUT2D eigenvalue weighted by Gasteiger charge is 2.45. The number of nitrogens with one attached hydrogen (secondary N) is 1. The Balaban J connectivity index is 2.70. The number of halogens is 3. The molecule has 106 valence electrons. The van der Waals surface area contributed by atoms with E-state index in [1.165, 1.54) is 0 Å². The summed E-state index contributed by atoms with van der Waals surface area (Å²) >= 11 is 0. The van der Waals surface area contributed by atoms with Gasteiger partial charge in [-0.1, -0.05) is 30.3 Å². The molecule has 0 heterocycles. The van der Waals surface area contributed by atoms with Crippen molar-refractivity contribution < 1.29 is 28.2 Å². The highest BCUT2D eigenvalue weighted by atomic mass is 19.4. The number of hydrogen-bond acceptors (Lipinski definition) is 3. The molecular weight excluding hydrogens is 263 g/mol. The second-order valence-electron chi connectivity index (χ2n) is 3.99. The topological polar surface area (TPSA) is 69.6 Å². The van der Waals surface area contributed by atoms with Crippen LogP contribution in [0.25, 0.3) is 0 Å². The van der Waals surface area contributed by atoms with E-state index >= 15 is 0 Å². The second kappa shape index (κ2) is 6.53. The minimum Gasteiger partial charge on any atom is -0.481 e. The van der Waals surface area contributed by atoms with Gasteiger partial charge >= 0.3 is 12.1 Å². The van der Waals surface area contributed by atoms with E-state index in [9.17, 15) is 18.0 Å². The Hall–Kier alpha value is -1.60. The predicted octanol–water partition coefficient (Wildman–Crippen LogP) is 1.57. The molecule has 3 N–H and O–H groups in total. The molecule has 0 saturated carbocycles. The number of aliphatic hydroxyl groups excluding tert-OH is 1. The Morgan fingerprint density at radius 2 is 1.84 bits per heavy atom. The Bertz CT molecular complexity index is 408. The summed E-state index contributed by atoms with van der Waals surface area (Å²) in [6, 6.07) is 7.63. The molecule has 0 aliphatic heterocycles. The average Bonchev–Trinajstić information content (AvgIpc) is 2.33. The molecule has 0 aliphatic rings. The molecule has 0 aliphatic carbocycles. The van der Waals surface area contributed by atoms with Crippen LogP contribution in [0.5, 0.6) is 0 Å². The fourth-order valence-electron chi connectivity index (χ4n) is 1.58. The predicted molar refractivity (Wildman–Crippen MR) is 61.5 cm³/mol. The van der Waals surface area contributed by atoms with Gasteiger partial charge in [-0.15, -0.1) is 0 Å². The van der Waals surface area contributed by atoms with Crippen molar-refractivity contribution in [3.05, 3.63) is 35.9 Å². The molecule has 1 rings (SSSR count). The van der Waals surface area contributed by atoms with Gasteiger partial charge < -0.3 is 15.5 Å². The highest BCUT2D eigenvalue weighted by Crippen LogP contribution is 2.26. The molecule has 0 saturated heterocycles. The molecule has 2 unspecified atom stereocenters. The number of hydrogen-bond donors (Lipinski definition) is 3. The molecule has 1 aromatic rings. The molecule has 0 fully saturated rings. The molecule has 19 heavy (non-hydrogen) atoms. The summed E-state index contributed by atoms with van der Waals surface area (Å²) in [5.41, 5.74) is 0.594. The molecule has 0 bridgehead atoms. The molecule has 0 radical (unpaired) electrons. The number of alkyl halides is 3. The fraction of sp³-hybridized carbons (Fsp3) is 0.417. The molecule has 1 aromatic carbocycles. The lowest BCUT2D eigenvalue weighted by molar-refractivity contribution is -0.192. The number of aliphatic carboxylic acids is 1. The van der Waals surface area contributed by atoms with Crippen molar-refractivity contribution in [1.82, 2.24) is 5.32 Å². The summed E-state index contributed by atoms with van der Waals surface area (Å²) in [5, 5.41) is 20.1. The van der Waals surface area contributed by atoms with E-state index in [1.54, 1.807) is 30.3 Å². The van der Waals surface area contributed by atoms with Crippen molar-refractivity contribution in [3.63, 3.8) is 0 Å². The van der Waals surface area contributed by atoms with Gasteiger partial charge in [0.2, 0.25) is 0 Å². The van der Waals surface area contributed by atoms with Crippen LogP contribution in [-0.4, -0.2) is 35.5 Å². The van der Waals surface area contributed by atoms with Gasteiger partial charge in [-0.25, -0.2) is 0 Å². The lowest BCUT2D eigenvalue weighted by atomic mass is 10.1. The highest BCUT2D eigenvalue weighted by molar-refractivity contribution is 5.71. The van der Waals surface area contributed by atoms with E-state index in [0.717, 1.165) is 0 Å². The average molecular weight is 277 g/mol. The van der Waals surface area contributed by atoms with Crippen molar-refractivity contribution in [2.24, 2.45) is 5.92 Å². The Kier molecular flexibility index (Phi) is 5.31. The largest absolute Gasteiger partial charge is 0.481 e. The van der Waals surface area contributed by atoms with Gasteiger partial charge in [0.25, 0.3) is 0 Å². The summed E-state index contributed by atoms with van der Waals surface area (Å²) in [5.74, 6) is -4.44. The van der Waals surface area contributed by atoms with Crippen molar-refractivity contribution >= 4 is 5.97 Å². The van der Waals surface area contributed by atoms with Gasteiger partial charge in [-0.3, -0.25) is 4.79 Å². The maximum Gasteiger partial charge on any atom is 0.403 e. The molecule has 7 heteroatoms. The third-order valence-electron chi connectivity index (χ3n) is 2.65. The quantitative estimate of drug-likeness (QED) is 0.738. The van der Waals surface area contributed by atoms with Crippen LogP contribution in [0, 0.1) is 5.92 Å². The first-order valence-corrected chi connectivity index (χ1v) is 5.55. The van der Waals surface area contributed by atoms with E-state index < -0.39 is 37.3 Å². The van der Waals surface area contributed by atoms with Crippen molar-refractivity contribution in [1.29, 1.82) is 0 Å². The monoisotopic (exact) mass is 277 g/mol. The number of carboxylic acids is 1. The lowest BCUT2D eigenvalue weighted by Crippen LogP contribution is -2.41.